The van der Waals surface area contributed by atoms with Crippen LogP contribution in [0.3, 0.4) is 0 Å². The summed E-state index contributed by atoms with van der Waals surface area (Å²) in [6.07, 6.45) is 3.63. The van der Waals surface area contributed by atoms with Crippen LogP contribution in [-0.2, 0) is 6.42 Å². The number of carbonyl (C=O) groups is 1. The highest BCUT2D eigenvalue weighted by molar-refractivity contribution is 6.04. The highest BCUT2D eigenvalue weighted by Gasteiger charge is 2.17. The number of aryl methyl sites for hydroxylation is 1. The number of aromatic nitrogens is 4. The Morgan fingerprint density at radius 3 is 2.50 bits per heavy atom. The van der Waals surface area contributed by atoms with Crippen molar-refractivity contribution in [2.75, 3.05) is 5.32 Å². The predicted molar refractivity (Wildman–Crippen MR) is 140 cm³/mol. The molecule has 0 spiro atoms. The molecular weight excluding hydrogens is 485 g/mol. The third kappa shape index (κ3) is 5.79. The van der Waals surface area contributed by atoms with E-state index in [-0.39, 0.29) is 17.2 Å². The minimum absolute atomic E-state index is 0.192. The van der Waals surface area contributed by atoms with E-state index in [1.807, 2.05) is 37.3 Å². The minimum Gasteiger partial charge on any atom is -0.457 e. The number of benzene rings is 3. The number of ether oxygens (including phenoxy) is 2. The number of anilines is 1. The first kappa shape index (κ1) is 24.5. The number of amides is 1. The van der Waals surface area contributed by atoms with Crippen LogP contribution in [0.2, 0.25) is 0 Å². The van der Waals surface area contributed by atoms with Crippen LogP contribution >= 0.6 is 0 Å². The van der Waals surface area contributed by atoms with Gasteiger partial charge in [0.25, 0.3) is 5.91 Å². The molecule has 0 aliphatic carbocycles. The van der Waals surface area contributed by atoms with Crippen LogP contribution in [0.1, 0.15) is 23.1 Å². The fourth-order valence-electron chi connectivity index (χ4n) is 3.59. The van der Waals surface area contributed by atoms with Gasteiger partial charge in [0, 0.05) is 24.4 Å². The topological polar surface area (TPSA) is 99.1 Å². The van der Waals surface area contributed by atoms with Crippen LogP contribution in [0.4, 0.5) is 10.1 Å². The molecule has 0 unspecified atom stereocenters. The van der Waals surface area contributed by atoms with Crippen LogP contribution in [0.25, 0.3) is 11.4 Å². The van der Waals surface area contributed by atoms with E-state index in [0.29, 0.717) is 40.8 Å². The van der Waals surface area contributed by atoms with Crippen LogP contribution < -0.4 is 14.8 Å². The van der Waals surface area contributed by atoms with Crippen molar-refractivity contribution in [3.8, 4) is 34.5 Å². The number of hydrogen-bond acceptors (Lipinski definition) is 7. The number of carbonyl (C=O) groups excluding carboxylic acids is 1. The van der Waals surface area contributed by atoms with Crippen molar-refractivity contribution >= 4 is 11.6 Å². The van der Waals surface area contributed by atoms with Crippen LogP contribution in [0.5, 0.6) is 23.1 Å². The second kappa shape index (κ2) is 11.3. The summed E-state index contributed by atoms with van der Waals surface area (Å²) in [7, 11) is 0. The highest BCUT2D eigenvalue weighted by Crippen LogP contribution is 2.30. The summed E-state index contributed by atoms with van der Waals surface area (Å²) in [6, 6.07) is 23.5. The SMILES string of the molecule is CCc1ncnc(-c2cccnc2Oc2ccc(F)c(C(=O)Nc3cccc(Oc4ccccc4)c3)c2)n1. The van der Waals surface area contributed by atoms with Crippen molar-refractivity contribution in [1.29, 1.82) is 0 Å². The molecule has 0 radical (unpaired) electrons. The molecule has 2 aromatic heterocycles. The summed E-state index contributed by atoms with van der Waals surface area (Å²) in [5, 5.41) is 2.71. The molecule has 8 nitrogen and oxygen atoms in total. The standard InChI is InChI=1S/C29H22FN5O3/c1-2-26-32-18-33-27(35-26)23-12-7-15-31-29(23)38-22-13-14-25(30)24(17-22)28(36)34-19-8-6-11-21(16-19)37-20-9-4-3-5-10-20/h3-18H,2H2,1H3,(H,34,36). The second-order valence-electron chi connectivity index (χ2n) is 8.08. The fraction of sp³-hybridized carbons (Fsp3) is 0.0690. The number of nitrogens with zero attached hydrogens (tertiary/aromatic N) is 4. The van der Waals surface area contributed by atoms with Gasteiger partial charge in [-0.2, -0.15) is 0 Å². The van der Waals surface area contributed by atoms with E-state index in [9.17, 15) is 9.18 Å². The lowest BCUT2D eigenvalue weighted by Crippen LogP contribution is -2.14. The molecule has 0 aliphatic rings. The minimum atomic E-state index is -0.696. The Morgan fingerprint density at radius 2 is 1.66 bits per heavy atom. The monoisotopic (exact) mass is 507 g/mol. The van der Waals surface area contributed by atoms with Crippen molar-refractivity contribution in [2.45, 2.75) is 13.3 Å². The van der Waals surface area contributed by atoms with Gasteiger partial charge >= 0.3 is 0 Å². The molecule has 0 saturated heterocycles. The maximum absolute atomic E-state index is 14.7. The van der Waals surface area contributed by atoms with Gasteiger partial charge in [0.05, 0.1) is 11.1 Å². The average Bonchev–Trinajstić information content (AvgIpc) is 2.95. The first-order valence-corrected chi connectivity index (χ1v) is 11.8. The highest BCUT2D eigenvalue weighted by atomic mass is 19.1. The van der Waals surface area contributed by atoms with E-state index in [4.69, 9.17) is 9.47 Å². The van der Waals surface area contributed by atoms with Gasteiger partial charge in [-0.15, -0.1) is 0 Å². The molecule has 1 N–H and O–H groups in total. The maximum atomic E-state index is 14.7. The van der Waals surface area contributed by atoms with Crippen molar-refractivity contribution in [2.24, 2.45) is 0 Å². The second-order valence-corrected chi connectivity index (χ2v) is 8.08. The van der Waals surface area contributed by atoms with Crippen molar-refractivity contribution in [1.82, 2.24) is 19.9 Å². The zero-order chi connectivity index (χ0) is 26.3. The Hall–Kier alpha value is -5.18. The Morgan fingerprint density at radius 1 is 0.842 bits per heavy atom. The lowest BCUT2D eigenvalue weighted by molar-refractivity contribution is 0.102. The lowest BCUT2D eigenvalue weighted by atomic mass is 10.1. The smallest absolute Gasteiger partial charge is 0.258 e. The normalized spacial score (nSPS) is 10.6. The van der Waals surface area contributed by atoms with Crippen LogP contribution in [0, 0.1) is 5.82 Å². The van der Waals surface area contributed by atoms with E-state index in [1.165, 1.54) is 24.5 Å². The molecule has 9 heteroatoms. The Balaban J connectivity index is 1.35. The fourth-order valence-corrected chi connectivity index (χ4v) is 3.59. The Bertz CT molecular complexity index is 1580. The predicted octanol–water partition coefficient (Wildman–Crippen LogP) is 6.47. The third-order valence-electron chi connectivity index (χ3n) is 5.42. The number of halogens is 1. The van der Waals surface area contributed by atoms with Crippen LogP contribution in [-0.4, -0.2) is 25.8 Å². The van der Waals surface area contributed by atoms with Gasteiger partial charge < -0.3 is 14.8 Å². The zero-order valence-corrected chi connectivity index (χ0v) is 20.3. The van der Waals surface area contributed by atoms with Gasteiger partial charge in [0.2, 0.25) is 5.88 Å². The van der Waals surface area contributed by atoms with Gasteiger partial charge in [-0.25, -0.2) is 24.3 Å². The third-order valence-corrected chi connectivity index (χ3v) is 5.42. The summed E-state index contributed by atoms with van der Waals surface area (Å²) in [6.45, 7) is 1.94. The van der Waals surface area contributed by atoms with E-state index < -0.39 is 11.7 Å². The van der Waals surface area contributed by atoms with Crippen molar-refractivity contribution in [3.63, 3.8) is 0 Å². The summed E-state index contributed by atoms with van der Waals surface area (Å²) in [5.74, 6) is 1.31. The summed E-state index contributed by atoms with van der Waals surface area (Å²) < 4.78 is 26.4. The molecule has 0 saturated carbocycles. The number of nitrogens with one attached hydrogen (secondary N) is 1. The number of rotatable bonds is 8. The molecule has 0 atom stereocenters. The van der Waals surface area contributed by atoms with E-state index in [2.05, 4.69) is 25.3 Å². The summed E-state index contributed by atoms with van der Waals surface area (Å²) in [5.41, 5.74) is 0.792. The molecule has 0 aliphatic heterocycles. The molecule has 2 heterocycles. The van der Waals surface area contributed by atoms with E-state index in [0.717, 1.165) is 0 Å². The van der Waals surface area contributed by atoms with Crippen LogP contribution in [0.15, 0.2) is 97.5 Å². The molecule has 0 bridgehead atoms. The molecule has 5 rings (SSSR count). The van der Waals surface area contributed by atoms with Gasteiger partial charge in [-0.1, -0.05) is 31.2 Å². The molecular formula is C29H22FN5O3. The quantitative estimate of drug-likeness (QED) is 0.257. The first-order chi connectivity index (χ1) is 18.6. The molecule has 1 amide bonds. The molecule has 38 heavy (non-hydrogen) atoms. The number of hydrogen-bond donors (Lipinski definition) is 1. The van der Waals surface area contributed by atoms with Crippen molar-refractivity contribution in [3.05, 3.63) is 115 Å². The number of pyridine rings is 1. The Labute approximate surface area is 218 Å². The lowest BCUT2D eigenvalue weighted by Gasteiger charge is -2.12. The molecule has 5 aromatic rings. The largest absolute Gasteiger partial charge is 0.457 e. The first-order valence-electron chi connectivity index (χ1n) is 11.8. The molecule has 0 fully saturated rings. The average molecular weight is 508 g/mol. The van der Waals surface area contributed by atoms with Crippen molar-refractivity contribution < 1.29 is 18.7 Å². The van der Waals surface area contributed by atoms with E-state index in [1.54, 1.807) is 42.6 Å². The zero-order valence-electron chi connectivity index (χ0n) is 20.3. The molecule has 3 aromatic carbocycles. The summed E-state index contributed by atoms with van der Waals surface area (Å²) >= 11 is 0. The Kier molecular flexibility index (Phi) is 7.26. The summed E-state index contributed by atoms with van der Waals surface area (Å²) in [4.78, 5) is 30.0. The maximum Gasteiger partial charge on any atom is 0.258 e. The molecule has 188 valence electrons. The van der Waals surface area contributed by atoms with Gasteiger partial charge in [-0.05, 0) is 54.6 Å². The van der Waals surface area contributed by atoms with E-state index >= 15 is 0 Å². The van der Waals surface area contributed by atoms with Gasteiger partial charge in [-0.3, -0.25) is 4.79 Å². The number of para-hydroxylation sites is 1. The van der Waals surface area contributed by atoms with Gasteiger partial charge in [0.15, 0.2) is 5.82 Å². The van der Waals surface area contributed by atoms with Gasteiger partial charge in [0.1, 0.15) is 35.2 Å².